The summed E-state index contributed by atoms with van der Waals surface area (Å²) in [7, 11) is 0. The van der Waals surface area contributed by atoms with Gasteiger partial charge in [0, 0.05) is 11.3 Å². The van der Waals surface area contributed by atoms with Gasteiger partial charge in [-0.15, -0.1) is 11.3 Å². The van der Waals surface area contributed by atoms with Crippen LogP contribution in [0.4, 0.5) is 0 Å². The van der Waals surface area contributed by atoms with E-state index in [-0.39, 0.29) is 12.4 Å². The molecule has 16 heavy (non-hydrogen) atoms. The first-order chi connectivity index (χ1) is 7.54. The van der Waals surface area contributed by atoms with Crippen LogP contribution in [0.1, 0.15) is 10.4 Å². The fraction of sp³-hybridized carbons (Fsp3) is 0.444. The molecule has 1 atom stereocenters. The normalized spacial score (nSPS) is 12.8. The van der Waals surface area contributed by atoms with Crippen molar-refractivity contribution in [1.82, 2.24) is 0 Å². The van der Waals surface area contributed by atoms with E-state index < -0.39 is 6.10 Å². The van der Waals surface area contributed by atoms with Crippen LogP contribution in [0.3, 0.4) is 0 Å². The number of halogens is 2. The van der Waals surface area contributed by atoms with Crippen LogP contribution >= 0.6 is 55.0 Å². The van der Waals surface area contributed by atoms with Gasteiger partial charge in [0.15, 0.2) is 5.78 Å². The first kappa shape index (κ1) is 14.7. The summed E-state index contributed by atoms with van der Waals surface area (Å²) < 4.78 is 1.72. The van der Waals surface area contributed by atoms with E-state index in [0.717, 1.165) is 7.57 Å². The maximum absolute atomic E-state index is 11.7. The lowest BCUT2D eigenvalue weighted by atomic mass is 10.2. The summed E-state index contributed by atoms with van der Waals surface area (Å²) in [6, 6.07) is 1.78. The van der Waals surface area contributed by atoms with Gasteiger partial charge in [-0.2, -0.15) is 11.8 Å². The second-order valence-electron chi connectivity index (χ2n) is 3.01. The Balaban J connectivity index is 2.44. The molecule has 0 saturated carbocycles. The van der Waals surface area contributed by atoms with Crippen LogP contribution in [-0.4, -0.2) is 40.2 Å². The van der Waals surface area contributed by atoms with Crippen molar-refractivity contribution in [1.29, 1.82) is 0 Å². The number of thioether (sulfide) groups is 1. The van der Waals surface area contributed by atoms with Gasteiger partial charge < -0.3 is 10.2 Å². The summed E-state index contributed by atoms with van der Waals surface area (Å²) in [5, 5.41) is 17.7. The average Bonchev–Trinajstić information content (AvgIpc) is 2.57. The summed E-state index contributed by atoms with van der Waals surface area (Å²) in [6.07, 6.45) is -0.754. The van der Waals surface area contributed by atoms with Crippen LogP contribution in [0, 0.1) is 0 Å². The standard InChI is InChI=1S/C9H10Br2O3S2/c10-8-1-6(9(11)16-8)7(14)4-15-3-5(13)2-12/h1,5,12-13H,2-4H2. The van der Waals surface area contributed by atoms with E-state index in [4.69, 9.17) is 10.2 Å². The van der Waals surface area contributed by atoms with Gasteiger partial charge in [-0.05, 0) is 37.9 Å². The van der Waals surface area contributed by atoms with Gasteiger partial charge in [0.1, 0.15) is 0 Å². The van der Waals surface area contributed by atoms with Crippen LogP contribution in [0.5, 0.6) is 0 Å². The van der Waals surface area contributed by atoms with E-state index in [1.165, 1.54) is 23.1 Å². The van der Waals surface area contributed by atoms with Crippen LogP contribution in [0.25, 0.3) is 0 Å². The summed E-state index contributed by atoms with van der Waals surface area (Å²) in [6.45, 7) is -0.269. The molecule has 0 saturated heterocycles. The van der Waals surface area contributed by atoms with E-state index in [9.17, 15) is 4.79 Å². The van der Waals surface area contributed by atoms with Crippen molar-refractivity contribution in [3.8, 4) is 0 Å². The van der Waals surface area contributed by atoms with Gasteiger partial charge in [-0.3, -0.25) is 4.79 Å². The number of ketones is 1. The second kappa shape index (κ2) is 7.13. The molecule has 0 spiro atoms. The van der Waals surface area contributed by atoms with E-state index in [0.29, 0.717) is 17.1 Å². The lowest BCUT2D eigenvalue weighted by Crippen LogP contribution is -2.16. The van der Waals surface area contributed by atoms with Crippen LogP contribution < -0.4 is 0 Å². The molecular formula is C9H10Br2O3S2. The molecule has 3 nitrogen and oxygen atoms in total. The SMILES string of the molecule is O=C(CSCC(O)CO)c1cc(Br)sc1Br. The van der Waals surface area contributed by atoms with Crippen molar-refractivity contribution in [2.24, 2.45) is 0 Å². The molecule has 1 heterocycles. The molecule has 0 aliphatic carbocycles. The topological polar surface area (TPSA) is 57.5 Å². The lowest BCUT2D eigenvalue weighted by molar-refractivity contribution is 0.102. The van der Waals surface area contributed by atoms with Crippen LogP contribution in [0.2, 0.25) is 0 Å². The Labute approximate surface area is 119 Å². The zero-order chi connectivity index (χ0) is 12.1. The Morgan fingerprint density at radius 3 is 2.75 bits per heavy atom. The predicted molar refractivity (Wildman–Crippen MR) is 74.5 cm³/mol. The Kier molecular flexibility index (Phi) is 6.53. The first-order valence-corrected chi connectivity index (χ1v) is 7.95. The van der Waals surface area contributed by atoms with Gasteiger partial charge in [0.05, 0.1) is 26.0 Å². The molecule has 1 aromatic rings. The first-order valence-electron chi connectivity index (χ1n) is 4.39. The monoisotopic (exact) mass is 388 g/mol. The van der Waals surface area contributed by atoms with Gasteiger partial charge in [0.25, 0.3) is 0 Å². The van der Waals surface area contributed by atoms with Crippen LogP contribution in [0.15, 0.2) is 13.6 Å². The number of hydrogen-bond acceptors (Lipinski definition) is 5. The minimum atomic E-state index is -0.754. The van der Waals surface area contributed by atoms with Crippen molar-refractivity contribution in [2.45, 2.75) is 6.10 Å². The third kappa shape index (κ3) is 4.46. The Bertz CT molecular complexity index is 368. The maximum atomic E-state index is 11.7. The number of hydrogen-bond donors (Lipinski definition) is 2. The number of aliphatic hydroxyl groups is 2. The van der Waals surface area contributed by atoms with Crippen molar-refractivity contribution in [3.05, 3.63) is 19.2 Å². The number of Topliss-reactive ketones (excluding diaryl/α,β-unsaturated/α-hetero) is 1. The van der Waals surface area contributed by atoms with Crippen molar-refractivity contribution in [3.63, 3.8) is 0 Å². The molecule has 7 heteroatoms. The number of carbonyl (C=O) groups excluding carboxylic acids is 1. The van der Waals surface area contributed by atoms with Crippen molar-refractivity contribution in [2.75, 3.05) is 18.1 Å². The number of aliphatic hydroxyl groups excluding tert-OH is 2. The second-order valence-corrected chi connectivity index (χ2v) is 7.79. The highest BCUT2D eigenvalue weighted by Gasteiger charge is 2.14. The van der Waals surface area contributed by atoms with Gasteiger partial charge in [-0.25, -0.2) is 0 Å². The van der Waals surface area contributed by atoms with Crippen molar-refractivity contribution < 1.29 is 15.0 Å². The molecule has 0 fully saturated rings. The summed E-state index contributed by atoms with van der Waals surface area (Å²) in [4.78, 5) is 11.7. The smallest absolute Gasteiger partial charge is 0.174 e. The van der Waals surface area contributed by atoms with Gasteiger partial charge in [-0.1, -0.05) is 0 Å². The Morgan fingerprint density at radius 2 is 2.25 bits per heavy atom. The minimum absolute atomic E-state index is 0.0176. The molecule has 2 N–H and O–H groups in total. The van der Waals surface area contributed by atoms with Crippen LogP contribution in [-0.2, 0) is 0 Å². The maximum Gasteiger partial charge on any atom is 0.174 e. The van der Waals surface area contributed by atoms with Crippen molar-refractivity contribution >= 4 is 60.7 Å². The van der Waals surface area contributed by atoms with Gasteiger partial charge in [0.2, 0.25) is 0 Å². The molecular weight excluding hydrogens is 380 g/mol. The molecule has 1 unspecified atom stereocenters. The fourth-order valence-corrected chi connectivity index (χ4v) is 4.64. The molecule has 0 aromatic carbocycles. The van der Waals surface area contributed by atoms with Gasteiger partial charge >= 0.3 is 0 Å². The molecule has 0 radical (unpaired) electrons. The highest BCUT2D eigenvalue weighted by Crippen LogP contribution is 2.32. The largest absolute Gasteiger partial charge is 0.394 e. The summed E-state index contributed by atoms with van der Waals surface area (Å²) in [5.74, 6) is 0.688. The molecule has 1 rings (SSSR count). The third-order valence-electron chi connectivity index (χ3n) is 1.71. The average molecular weight is 390 g/mol. The summed E-state index contributed by atoms with van der Waals surface area (Å²) in [5.41, 5.74) is 0.655. The zero-order valence-electron chi connectivity index (χ0n) is 8.15. The van der Waals surface area contributed by atoms with E-state index in [1.807, 2.05) is 0 Å². The third-order valence-corrected chi connectivity index (χ3v) is 5.14. The minimum Gasteiger partial charge on any atom is -0.394 e. The summed E-state index contributed by atoms with van der Waals surface area (Å²) >= 11 is 9.40. The number of carbonyl (C=O) groups is 1. The number of thiophene rings is 1. The molecule has 0 aliphatic heterocycles. The highest BCUT2D eigenvalue weighted by molar-refractivity contribution is 9.12. The van der Waals surface area contributed by atoms with E-state index in [1.54, 1.807) is 6.07 Å². The molecule has 0 aliphatic rings. The molecule has 90 valence electrons. The Hall–Kier alpha value is 0.600. The predicted octanol–water partition coefficient (Wildman–Crippen LogP) is 2.54. The van der Waals surface area contributed by atoms with E-state index >= 15 is 0 Å². The quantitative estimate of drug-likeness (QED) is 0.734. The number of rotatable bonds is 6. The lowest BCUT2D eigenvalue weighted by Gasteiger charge is -2.05. The Morgan fingerprint density at radius 1 is 1.56 bits per heavy atom. The highest BCUT2D eigenvalue weighted by atomic mass is 79.9. The molecule has 0 amide bonds. The zero-order valence-corrected chi connectivity index (χ0v) is 13.0. The van der Waals surface area contributed by atoms with E-state index in [2.05, 4.69) is 31.9 Å². The molecule has 1 aromatic heterocycles. The molecule has 0 bridgehead atoms. The fourth-order valence-electron chi connectivity index (χ4n) is 0.948.